The third-order valence-corrected chi connectivity index (χ3v) is 5.27. The van der Waals surface area contributed by atoms with Gasteiger partial charge >= 0.3 is 5.97 Å². The minimum absolute atomic E-state index is 0.120. The first-order chi connectivity index (χ1) is 11.9. The van der Waals surface area contributed by atoms with Crippen LogP contribution in [0, 0.1) is 0 Å². The van der Waals surface area contributed by atoms with Crippen LogP contribution in [0.4, 0.5) is 0 Å². The van der Waals surface area contributed by atoms with E-state index in [0.29, 0.717) is 32.7 Å². The molecule has 9 heteroatoms. The number of nitrogens with one attached hydrogen (secondary N) is 1. The predicted octanol–water partition coefficient (Wildman–Crippen LogP) is -0.0707. The van der Waals surface area contributed by atoms with Crippen molar-refractivity contribution in [3.8, 4) is 0 Å². The van der Waals surface area contributed by atoms with Crippen molar-refractivity contribution in [3.05, 3.63) is 29.8 Å². The van der Waals surface area contributed by atoms with E-state index < -0.39 is 16.0 Å². The van der Waals surface area contributed by atoms with Crippen LogP contribution in [0.15, 0.2) is 29.2 Å². The summed E-state index contributed by atoms with van der Waals surface area (Å²) < 4.78 is 35.6. The number of nitrogens with zero attached hydrogens (tertiary/aromatic N) is 1. The number of carbonyl (C=O) groups excluding carboxylic acids is 2. The van der Waals surface area contributed by atoms with E-state index in [2.05, 4.69) is 4.72 Å². The van der Waals surface area contributed by atoms with Gasteiger partial charge in [0.2, 0.25) is 10.0 Å². The zero-order valence-electron chi connectivity index (χ0n) is 14.1. The Morgan fingerprint density at radius 1 is 1.20 bits per heavy atom. The second kappa shape index (κ2) is 8.93. The van der Waals surface area contributed by atoms with Gasteiger partial charge in [0.15, 0.2) is 6.61 Å². The fourth-order valence-corrected chi connectivity index (χ4v) is 3.05. The first-order valence-corrected chi connectivity index (χ1v) is 9.44. The Labute approximate surface area is 147 Å². The number of rotatable bonds is 7. The molecule has 1 aliphatic rings. The number of aryl methyl sites for hydroxylation is 1. The lowest BCUT2D eigenvalue weighted by Gasteiger charge is -2.26. The van der Waals surface area contributed by atoms with Gasteiger partial charge in [-0.3, -0.25) is 9.59 Å². The molecule has 138 valence electrons. The maximum absolute atomic E-state index is 11.9. The molecular formula is C16H22N2O6S. The third-order valence-electron chi connectivity index (χ3n) is 3.84. The summed E-state index contributed by atoms with van der Waals surface area (Å²) in [5.41, 5.74) is 0.812. The highest BCUT2D eigenvalue weighted by Gasteiger charge is 2.18. The molecule has 25 heavy (non-hydrogen) atoms. The first-order valence-electron chi connectivity index (χ1n) is 7.96. The number of hydrogen-bond acceptors (Lipinski definition) is 6. The molecule has 0 aromatic heterocycles. The van der Waals surface area contributed by atoms with Gasteiger partial charge in [0.25, 0.3) is 5.91 Å². The zero-order valence-corrected chi connectivity index (χ0v) is 14.9. The summed E-state index contributed by atoms with van der Waals surface area (Å²) in [5.74, 6) is -0.688. The molecular weight excluding hydrogens is 348 g/mol. The fraction of sp³-hybridized carbons (Fsp3) is 0.500. The van der Waals surface area contributed by atoms with Crippen LogP contribution < -0.4 is 4.72 Å². The smallest absolute Gasteiger partial charge is 0.306 e. The highest BCUT2D eigenvalue weighted by atomic mass is 32.2. The van der Waals surface area contributed by atoms with Crippen LogP contribution in [0.5, 0.6) is 0 Å². The number of hydrogen-bond donors (Lipinski definition) is 1. The van der Waals surface area contributed by atoms with Crippen LogP contribution in [0.2, 0.25) is 0 Å². The van der Waals surface area contributed by atoms with Gasteiger partial charge in [0, 0.05) is 19.5 Å². The summed E-state index contributed by atoms with van der Waals surface area (Å²) in [4.78, 5) is 25.4. The largest absolute Gasteiger partial charge is 0.456 e. The topological polar surface area (TPSA) is 102 Å². The van der Waals surface area contributed by atoms with Gasteiger partial charge in [-0.2, -0.15) is 0 Å². The van der Waals surface area contributed by atoms with Crippen molar-refractivity contribution >= 4 is 21.9 Å². The van der Waals surface area contributed by atoms with Crippen molar-refractivity contribution in [1.29, 1.82) is 0 Å². The summed E-state index contributed by atoms with van der Waals surface area (Å²) in [6.07, 6.45) is 0.527. The van der Waals surface area contributed by atoms with Crippen LogP contribution >= 0.6 is 0 Å². The van der Waals surface area contributed by atoms with E-state index in [4.69, 9.17) is 9.47 Å². The molecule has 1 aromatic carbocycles. The van der Waals surface area contributed by atoms with Gasteiger partial charge in [-0.15, -0.1) is 0 Å². The maximum atomic E-state index is 11.9. The Bertz CT molecular complexity index is 696. The lowest BCUT2D eigenvalue weighted by Crippen LogP contribution is -2.42. The molecule has 1 aromatic rings. The molecule has 1 saturated heterocycles. The van der Waals surface area contributed by atoms with E-state index in [1.54, 1.807) is 17.0 Å². The summed E-state index contributed by atoms with van der Waals surface area (Å²) in [7, 11) is -2.12. The van der Waals surface area contributed by atoms with Crippen molar-refractivity contribution in [2.24, 2.45) is 0 Å². The molecule has 0 spiro atoms. The fourth-order valence-electron chi connectivity index (χ4n) is 2.32. The summed E-state index contributed by atoms with van der Waals surface area (Å²) in [6.45, 7) is 1.76. The third kappa shape index (κ3) is 5.80. The molecule has 0 bridgehead atoms. The monoisotopic (exact) mass is 370 g/mol. The number of esters is 1. The average molecular weight is 370 g/mol. The minimum atomic E-state index is -3.47. The summed E-state index contributed by atoms with van der Waals surface area (Å²) in [5, 5.41) is 0. The van der Waals surface area contributed by atoms with E-state index >= 15 is 0 Å². The highest BCUT2D eigenvalue weighted by Crippen LogP contribution is 2.11. The van der Waals surface area contributed by atoms with E-state index in [0.717, 1.165) is 5.56 Å². The molecule has 0 aliphatic carbocycles. The van der Waals surface area contributed by atoms with Crippen LogP contribution in [0.1, 0.15) is 12.0 Å². The maximum Gasteiger partial charge on any atom is 0.306 e. The molecule has 0 atom stereocenters. The lowest BCUT2D eigenvalue weighted by atomic mass is 10.1. The molecule has 8 nitrogen and oxygen atoms in total. The van der Waals surface area contributed by atoms with E-state index in [-0.39, 0.29) is 23.8 Å². The second-order valence-electron chi connectivity index (χ2n) is 5.51. The summed E-state index contributed by atoms with van der Waals surface area (Å²) >= 11 is 0. The molecule has 1 amide bonds. The van der Waals surface area contributed by atoms with Crippen LogP contribution in [0.3, 0.4) is 0 Å². The standard InChI is InChI=1S/C16H22N2O6S/c1-17-25(21,22)14-5-2-13(3-6-14)4-7-16(20)24-12-15(19)18-8-10-23-11-9-18/h2-3,5-6,17H,4,7-12H2,1H3. The number of ether oxygens (including phenoxy) is 2. The molecule has 1 N–H and O–H groups in total. The number of sulfonamides is 1. The van der Waals surface area contributed by atoms with Gasteiger partial charge in [-0.25, -0.2) is 13.1 Å². The Morgan fingerprint density at radius 2 is 1.84 bits per heavy atom. The molecule has 0 unspecified atom stereocenters. The first kappa shape index (κ1) is 19.4. The Balaban J connectivity index is 1.75. The van der Waals surface area contributed by atoms with Gasteiger partial charge < -0.3 is 14.4 Å². The molecule has 2 rings (SSSR count). The van der Waals surface area contributed by atoms with Crippen molar-refractivity contribution < 1.29 is 27.5 Å². The molecule has 0 radical (unpaired) electrons. The Hall–Kier alpha value is -1.97. The number of morpholine rings is 1. The Kier molecular flexibility index (Phi) is 6.91. The lowest BCUT2D eigenvalue weighted by molar-refractivity contribution is -0.153. The van der Waals surface area contributed by atoms with E-state index in [1.807, 2.05) is 0 Å². The zero-order chi connectivity index (χ0) is 18.3. The molecule has 1 aliphatic heterocycles. The van der Waals surface area contributed by atoms with Gasteiger partial charge in [0.05, 0.1) is 18.1 Å². The van der Waals surface area contributed by atoms with Gasteiger partial charge in [0.1, 0.15) is 0 Å². The van der Waals surface area contributed by atoms with E-state index in [9.17, 15) is 18.0 Å². The van der Waals surface area contributed by atoms with Crippen molar-refractivity contribution in [3.63, 3.8) is 0 Å². The normalized spacial score (nSPS) is 15.0. The molecule has 1 heterocycles. The SMILES string of the molecule is CNS(=O)(=O)c1ccc(CCC(=O)OCC(=O)N2CCOCC2)cc1. The van der Waals surface area contributed by atoms with Crippen molar-refractivity contribution in [2.45, 2.75) is 17.7 Å². The Morgan fingerprint density at radius 3 is 2.44 bits per heavy atom. The molecule has 0 saturated carbocycles. The molecule has 1 fully saturated rings. The van der Waals surface area contributed by atoms with Crippen LogP contribution in [-0.2, 0) is 35.5 Å². The van der Waals surface area contributed by atoms with Crippen LogP contribution in [-0.4, -0.2) is 65.2 Å². The number of carbonyl (C=O) groups is 2. The number of amides is 1. The quantitative estimate of drug-likeness (QED) is 0.674. The minimum Gasteiger partial charge on any atom is -0.456 e. The van der Waals surface area contributed by atoms with Crippen molar-refractivity contribution in [2.75, 3.05) is 40.0 Å². The summed E-state index contributed by atoms with van der Waals surface area (Å²) in [6, 6.07) is 6.26. The van der Waals surface area contributed by atoms with Gasteiger partial charge in [-0.05, 0) is 31.2 Å². The van der Waals surface area contributed by atoms with Crippen LogP contribution in [0.25, 0.3) is 0 Å². The van der Waals surface area contributed by atoms with Crippen molar-refractivity contribution in [1.82, 2.24) is 9.62 Å². The second-order valence-corrected chi connectivity index (χ2v) is 7.39. The predicted molar refractivity (Wildman–Crippen MR) is 89.4 cm³/mol. The van der Waals surface area contributed by atoms with Gasteiger partial charge in [-0.1, -0.05) is 12.1 Å². The highest BCUT2D eigenvalue weighted by molar-refractivity contribution is 7.89. The average Bonchev–Trinajstić information content (AvgIpc) is 2.65. The van der Waals surface area contributed by atoms with E-state index in [1.165, 1.54) is 19.2 Å². The number of benzene rings is 1.